The van der Waals surface area contributed by atoms with Gasteiger partial charge in [0.2, 0.25) is 0 Å². The first-order valence-electron chi connectivity index (χ1n) is 9.48. The highest BCUT2D eigenvalue weighted by Gasteiger charge is 2.25. The molecule has 0 aliphatic heterocycles. The summed E-state index contributed by atoms with van der Waals surface area (Å²) in [5, 5.41) is 6.03. The van der Waals surface area contributed by atoms with E-state index in [4.69, 9.17) is 9.15 Å². The van der Waals surface area contributed by atoms with Crippen LogP contribution in [0.5, 0.6) is 5.75 Å². The molecule has 10 heteroatoms. The molecule has 2 N–H and O–H groups in total. The predicted molar refractivity (Wildman–Crippen MR) is 117 cm³/mol. The Labute approximate surface area is 184 Å². The number of carbonyl (C=O) groups is 2. The van der Waals surface area contributed by atoms with Gasteiger partial charge in [-0.2, -0.15) is 0 Å². The number of amides is 2. The van der Waals surface area contributed by atoms with E-state index in [1.54, 1.807) is 42.9 Å². The van der Waals surface area contributed by atoms with Gasteiger partial charge in [-0.05, 0) is 38.5 Å². The number of anilines is 1. The number of hydrogen-bond acceptors (Lipinski definition) is 8. The summed E-state index contributed by atoms with van der Waals surface area (Å²) in [5.74, 6) is 0.230. The van der Waals surface area contributed by atoms with E-state index in [1.807, 2.05) is 13.8 Å². The van der Waals surface area contributed by atoms with Gasteiger partial charge in [0.25, 0.3) is 0 Å². The van der Waals surface area contributed by atoms with Crippen molar-refractivity contribution in [3.05, 3.63) is 49.2 Å². The number of carbonyl (C=O) groups excluding carboxylic acids is 2. The molecule has 0 spiro atoms. The van der Waals surface area contributed by atoms with Crippen molar-refractivity contribution in [1.82, 2.24) is 20.3 Å². The third-order valence-electron chi connectivity index (χ3n) is 4.32. The number of nitrogens with zero attached hydrogens (tertiary/aromatic N) is 3. The molecule has 9 nitrogen and oxygen atoms in total. The van der Waals surface area contributed by atoms with Crippen LogP contribution in [-0.2, 0) is 9.59 Å². The van der Waals surface area contributed by atoms with Crippen LogP contribution in [-0.4, -0.2) is 45.2 Å². The van der Waals surface area contributed by atoms with Gasteiger partial charge < -0.3 is 19.8 Å². The van der Waals surface area contributed by atoms with E-state index in [2.05, 4.69) is 25.6 Å². The number of nitrogens with one attached hydrogen (secondary N) is 2. The standard InChI is InChI=1S/C21H23N5O4S/c1-21(2,7-10-31-20-23-8-4-9-24-20)26-19(28)18(27)25-14-5-6-15(16(11-14)29-3)17-12-22-13-30-17/h4-6,8-9,11-13H,7,10H2,1-3H3,(H,25,27)(H,26,28). The number of hydrogen-bond donors (Lipinski definition) is 2. The van der Waals surface area contributed by atoms with Crippen molar-refractivity contribution in [1.29, 1.82) is 0 Å². The lowest BCUT2D eigenvalue weighted by molar-refractivity contribution is -0.137. The van der Waals surface area contributed by atoms with Gasteiger partial charge in [0.15, 0.2) is 17.3 Å². The van der Waals surface area contributed by atoms with Gasteiger partial charge in [-0.25, -0.2) is 15.0 Å². The lowest BCUT2D eigenvalue weighted by Gasteiger charge is -2.25. The lowest BCUT2D eigenvalue weighted by Crippen LogP contribution is -2.48. The minimum Gasteiger partial charge on any atom is -0.496 e. The van der Waals surface area contributed by atoms with E-state index in [1.165, 1.54) is 25.3 Å². The Balaban J connectivity index is 1.55. The van der Waals surface area contributed by atoms with Crippen molar-refractivity contribution in [2.75, 3.05) is 18.2 Å². The van der Waals surface area contributed by atoms with Crippen molar-refractivity contribution in [2.45, 2.75) is 31.0 Å². The summed E-state index contributed by atoms with van der Waals surface area (Å²) in [6, 6.07) is 6.75. The topological polar surface area (TPSA) is 119 Å². The SMILES string of the molecule is COc1cc(NC(=O)C(=O)NC(C)(C)CCSc2ncccn2)ccc1-c1cnco1. The summed E-state index contributed by atoms with van der Waals surface area (Å²) in [6.45, 7) is 3.72. The molecule has 0 radical (unpaired) electrons. The van der Waals surface area contributed by atoms with Crippen molar-refractivity contribution in [2.24, 2.45) is 0 Å². The average Bonchev–Trinajstić information content (AvgIpc) is 3.28. The van der Waals surface area contributed by atoms with Crippen LogP contribution < -0.4 is 15.4 Å². The van der Waals surface area contributed by atoms with Crippen LogP contribution in [0.15, 0.2) is 58.8 Å². The monoisotopic (exact) mass is 441 g/mol. The summed E-state index contributed by atoms with van der Waals surface area (Å²) in [7, 11) is 1.51. The van der Waals surface area contributed by atoms with Crippen LogP contribution in [0.3, 0.4) is 0 Å². The molecule has 0 unspecified atom stereocenters. The minimum absolute atomic E-state index is 0.426. The van der Waals surface area contributed by atoms with Crippen LogP contribution >= 0.6 is 11.8 Å². The Morgan fingerprint density at radius 2 is 1.97 bits per heavy atom. The molecule has 0 fully saturated rings. The predicted octanol–water partition coefficient (Wildman–Crippen LogP) is 3.16. The van der Waals surface area contributed by atoms with Crippen LogP contribution in [0.2, 0.25) is 0 Å². The fraction of sp³-hybridized carbons (Fsp3) is 0.286. The van der Waals surface area contributed by atoms with Gasteiger partial charge in [-0.1, -0.05) is 11.8 Å². The van der Waals surface area contributed by atoms with Gasteiger partial charge in [-0.15, -0.1) is 0 Å². The van der Waals surface area contributed by atoms with Gasteiger partial charge in [0, 0.05) is 35.4 Å². The maximum absolute atomic E-state index is 12.4. The number of methoxy groups -OCH3 is 1. The normalized spacial score (nSPS) is 11.1. The van der Waals surface area contributed by atoms with Crippen LogP contribution in [0.25, 0.3) is 11.3 Å². The highest BCUT2D eigenvalue weighted by atomic mass is 32.2. The first kappa shape index (κ1) is 22.3. The Hall–Kier alpha value is -3.40. The van der Waals surface area contributed by atoms with E-state index >= 15 is 0 Å². The summed E-state index contributed by atoms with van der Waals surface area (Å²) in [4.78, 5) is 37.0. The molecule has 2 aromatic heterocycles. The number of benzene rings is 1. The second kappa shape index (κ2) is 10.1. The molecule has 1 aromatic carbocycles. The molecule has 2 heterocycles. The van der Waals surface area contributed by atoms with Gasteiger partial charge in [-0.3, -0.25) is 9.59 Å². The van der Waals surface area contributed by atoms with E-state index in [-0.39, 0.29) is 0 Å². The molecule has 0 saturated carbocycles. The Kier molecular flexibility index (Phi) is 7.24. The fourth-order valence-electron chi connectivity index (χ4n) is 2.69. The molecule has 162 valence electrons. The number of thioether (sulfide) groups is 1. The third kappa shape index (κ3) is 6.29. The highest BCUT2D eigenvalue weighted by Crippen LogP contribution is 2.32. The van der Waals surface area contributed by atoms with Crippen molar-refractivity contribution >= 4 is 29.3 Å². The fourth-order valence-corrected chi connectivity index (χ4v) is 3.76. The summed E-state index contributed by atoms with van der Waals surface area (Å²) < 4.78 is 10.6. The van der Waals surface area contributed by atoms with E-state index in [0.717, 1.165) is 0 Å². The zero-order valence-corrected chi connectivity index (χ0v) is 18.2. The van der Waals surface area contributed by atoms with E-state index < -0.39 is 17.4 Å². The molecule has 0 aliphatic rings. The molecule has 0 atom stereocenters. The lowest BCUT2D eigenvalue weighted by atomic mass is 10.0. The Morgan fingerprint density at radius 1 is 1.19 bits per heavy atom. The Bertz CT molecular complexity index is 1030. The molecule has 0 saturated heterocycles. The largest absolute Gasteiger partial charge is 0.496 e. The molecular weight excluding hydrogens is 418 g/mol. The highest BCUT2D eigenvalue weighted by molar-refractivity contribution is 7.99. The number of rotatable bonds is 8. The average molecular weight is 442 g/mol. The van der Waals surface area contributed by atoms with Crippen molar-refractivity contribution in [3.63, 3.8) is 0 Å². The quantitative estimate of drug-likeness (QED) is 0.311. The van der Waals surface area contributed by atoms with Gasteiger partial charge in [0.05, 0.1) is 18.9 Å². The molecule has 0 bridgehead atoms. The number of oxazole rings is 1. The molecule has 2 amide bonds. The zero-order valence-electron chi connectivity index (χ0n) is 17.4. The number of aromatic nitrogens is 3. The summed E-state index contributed by atoms with van der Waals surface area (Å²) in [6.07, 6.45) is 6.88. The second-order valence-electron chi connectivity index (χ2n) is 7.20. The van der Waals surface area contributed by atoms with E-state index in [0.29, 0.717) is 40.1 Å². The minimum atomic E-state index is -0.762. The molecule has 3 rings (SSSR count). The van der Waals surface area contributed by atoms with Crippen molar-refractivity contribution in [3.8, 4) is 17.1 Å². The molecule has 0 aliphatic carbocycles. The van der Waals surface area contributed by atoms with Crippen LogP contribution in [0.4, 0.5) is 5.69 Å². The smallest absolute Gasteiger partial charge is 0.313 e. The molecule has 3 aromatic rings. The Morgan fingerprint density at radius 3 is 2.65 bits per heavy atom. The summed E-state index contributed by atoms with van der Waals surface area (Å²) >= 11 is 1.49. The second-order valence-corrected chi connectivity index (χ2v) is 8.26. The third-order valence-corrected chi connectivity index (χ3v) is 5.19. The number of ether oxygens (including phenoxy) is 1. The van der Waals surface area contributed by atoms with E-state index in [9.17, 15) is 9.59 Å². The summed E-state index contributed by atoms with van der Waals surface area (Å²) in [5.41, 5.74) is 0.530. The molecule has 31 heavy (non-hydrogen) atoms. The van der Waals surface area contributed by atoms with Gasteiger partial charge >= 0.3 is 11.8 Å². The first-order chi connectivity index (χ1) is 14.9. The van der Waals surface area contributed by atoms with Crippen molar-refractivity contribution < 1.29 is 18.7 Å². The molecular formula is C21H23N5O4S. The van der Waals surface area contributed by atoms with Crippen LogP contribution in [0, 0.1) is 0 Å². The zero-order chi connectivity index (χ0) is 22.3. The first-order valence-corrected chi connectivity index (χ1v) is 10.5. The maximum Gasteiger partial charge on any atom is 0.313 e. The van der Waals surface area contributed by atoms with Gasteiger partial charge in [0.1, 0.15) is 5.75 Å². The maximum atomic E-state index is 12.4. The van der Waals surface area contributed by atoms with Crippen LogP contribution in [0.1, 0.15) is 20.3 Å².